The van der Waals surface area contributed by atoms with Crippen molar-refractivity contribution in [3.05, 3.63) is 66.3 Å². The topological polar surface area (TPSA) is 51.8 Å². The van der Waals surface area contributed by atoms with E-state index in [-0.39, 0.29) is 0 Å². The average Bonchev–Trinajstić information content (AvgIpc) is 3.22. The first-order chi connectivity index (χ1) is 11.3. The standard InChI is InChI=1S/C17H20N6/c1-14-17-19-11-16(13-22-8-2-5-20-22)23(17)10-9-21(14)12-15-3-6-18-7-4-15/h2-8,11,14H,9-10,12-13H2,1H3/t14-/m0/s1. The zero-order valence-corrected chi connectivity index (χ0v) is 13.2. The van der Waals surface area contributed by atoms with Gasteiger partial charge in [-0.25, -0.2) is 4.98 Å². The van der Waals surface area contributed by atoms with Gasteiger partial charge in [-0.3, -0.25) is 14.6 Å². The van der Waals surface area contributed by atoms with Crippen LogP contribution in [0.3, 0.4) is 0 Å². The lowest BCUT2D eigenvalue weighted by Crippen LogP contribution is -2.37. The number of hydrogen-bond acceptors (Lipinski definition) is 4. The predicted molar refractivity (Wildman–Crippen MR) is 86.6 cm³/mol. The zero-order chi connectivity index (χ0) is 15.6. The van der Waals surface area contributed by atoms with Crippen LogP contribution >= 0.6 is 0 Å². The van der Waals surface area contributed by atoms with Crippen LogP contribution in [-0.2, 0) is 19.6 Å². The quantitative estimate of drug-likeness (QED) is 0.740. The first-order valence-corrected chi connectivity index (χ1v) is 7.96. The monoisotopic (exact) mass is 308 g/mol. The van der Waals surface area contributed by atoms with Gasteiger partial charge >= 0.3 is 0 Å². The van der Waals surface area contributed by atoms with Gasteiger partial charge in [-0.1, -0.05) is 0 Å². The van der Waals surface area contributed by atoms with Crippen LogP contribution in [0.2, 0.25) is 0 Å². The van der Waals surface area contributed by atoms with Gasteiger partial charge in [-0.05, 0) is 30.7 Å². The van der Waals surface area contributed by atoms with Crippen LogP contribution in [0, 0.1) is 0 Å². The molecular weight excluding hydrogens is 288 g/mol. The Hall–Kier alpha value is -2.47. The van der Waals surface area contributed by atoms with E-state index in [1.807, 2.05) is 41.7 Å². The van der Waals surface area contributed by atoms with Crippen molar-refractivity contribution in [2.75, 3.05) is 6.54 Å². The number of nitrogens with zero attached hydrogens (tertiary/aromatic N) is 6. The van der Waals surface area contributed by atoms with Gasteiger partial charge in [-0.15, -0.1) is 0 Å². The van der Waals surface area contributed by atoms with Gasteiger partial charge in [0.25, 0.3) is 0 Å². The fourth-order valence-corrected chi connectivity index (χ4v) is 3.23. The highest BCUT2D eigenvalue weighted by Gasteiger charge is 2.26. The predicted octanol–water partition coefficient (Wildman–Crippen LogP) is 2.10. The Morgan fingerprint density at radius 3 is 2.78 bits per heavy atom. The second-order valence-electron chi connectivity index (χ2n) is 5.96. The Balaban J connectivity index is 1.53. The summed E-state index contributed by atoms with van der Waals surface area (Å²) in [6.45, 7) is 5.94. The summed E-state index contributed by atoms with van der Waals surface area (Å²) in [4.78, 5) is 11.2. The first-order valence-electron chi connectivity index (χ1n) is 7.96. The lowest BCUT2D eigenvalue weighted by atomic mass is 10.1. The Bertz CT molecular complexity index is 762. The fourth-order valence-electron chi connectivity index (χ4n) is 3.23. The van der Waals surface area contributed by atoms with Crippen LogP contribution in [0.1, 0.15) is 30.0 Å². The molecule has 4 rings (SSSR count). The van der Waals surface area contributed by atoms with Crippen molar-refractivity contribution in [2.24, 2.45) is 0 Å². The maximum absolute atomic E-state index is 4.68. The Morgan fingerprint density at radius 1 is 1.13 bits per heavy atom. The highest BCUT2D eigenvalue weighted by Crippen LogP contribution is 2.26. The third kappa shape index (κ3) is 2.77. The molecule has 0 bridgehead atoms. The molecule has 0 saturated heterocycles. The van der Waals surface area contributed by atoms with Crippen LogP contribution in [0.25, 0.3) is 0 Å². The Kier molecular flexibility index (Phi) is 3.67. The molecule has 1 aliphatic heterocycles. The van der Waals surface area contributed by atoms with Crippen molar-refractivity contribution in [1.82, 2.24) is 29.2 Å². The van der Waals surface area contributed by atoms with Crippen LogP contribution in [0.5, 0.6) is 0 Å². The Labute approximate surface area is 135 Å². The molecule has 0 saturated carbocycles. The van der Waals surface area contributed by atoms with E-state index >= 15 is 0 Å². The van der Waals surface area contributed by atoms with E-state index in [1.165, 1.54) is 11.3 Å². The lowest BCUT2D eigenvalue weighted by molar-refractivity contribution is 0.155. The molecule has 1 aliphatic rings. The van der Waals surface area contributed by atoms with E-state index < -0.39 is 0 Å². The van der Waals surface area contributed by atoms with E-state index in [4.69, 9.17) is 0 Å². The summed E-state index contributed by atoms with van der Waals surface area (Å²) in [6.07, 6.45) is 9.50. The highest BCUT2D eigenvalue weighted by atomic mass is 15.3. The lowest BCUT2D eigenvalue weighted by Gasteiger charge is -2.34. The number of hydrogen-bond donors (Lipinski definition) is 0. The molecule has 0 unspecified atom stereocenters. The number of rotatable bonds is 4. The molecule has 23 heavy (non-hydrogen) atoms. The SMILES string of the molecule is C[C@H]1c2ncc(Cn3cccn3)n2CCN1Cc1ccncc1. The van der Waals surface area contributed by atoms with Crippen molar-refractivity contribution in [2.45, 2.75) is 32.6 Å². The summed E-state index contributed by atoms with van der Waals surface area (Å²) in [5, 5.41) is 4.29. The van der Waals surface area contributed by atoms with E-state index in [0.29, 0.717) is 6.04 Å². The minimum absolute atomic E-state index is 0.309. The number of fused-ring (bicyclic) bond motifs is 1. The summed E-state index contributed by atoms with van der Waals surface area (Å²) in [6, 6.07) is 6.42. The molecule has 118 valence electrons. The van der Waals surface area contributed by atoms with Crippen LogP contribution < -0.4 is 0 Å². The van der Waals surface area contributed by atoms with Crippen LogP contribution in [0.15, 0.2) is 49.2 Å². The maximum Gasteiger partial charge on any atom is 0.126 e. The number of pyridine rings is 1. The van der Waals surface area contributed by atoms with Gasteiger partial charge in [0.05, 0.1) is 24.5 Å². The molecule has 0 N–H and O–H groups in total. The molecule has 3 aromatic rings. The molecular formula is C17H20N6. The van der Waals surface area contributed by atoms with Gasteiger partial charge in [-0.2, -0.15) is 5.10 Å². The van der Waals surface area contributed by atoms with Gasteiger partial charge in [0.1, 0.15) is 5.82 Å². The van der Waals surface area contributed by atoms with Crippen LogP contribution in [0.4, 0.5) is 0 Å². The summed E-state index contributed by atoms with van der Waals surface area (Å²) >= 11 is 0. The van der Waals surface area contributed by atoms with Crippen molar-refractivity contribution in [1.29, 1.82) is 0 Å². The van der Waals surface area contributed by atoms with Crippen LogP contribution in [-0.4, -0.2) is 35.8 Å². The number of aromatic nitrogens is 5. The first kappa shape index (κ1) is 14.1. The number of imidazole rings is 1. The van der Waals surface area contributed by atoms with Crippen molar-refractivity contribution in [3.8, 4) is 0 Å². The third-order valence-corrected chi connectivity index (χ3v) is 4.52. The Morgan fingerprint density at radius 2 is 2.00 bits per heavy atom. The molecule has 0 aliphatic carbocycles. The van der Waals surface area contributed by atoms with Gasteiger partial charge < -0.3 is 4.57 Å². The molecule has 0 amide bonds. The molecule has 0 spiro atoms. The molecule has 0 fully saturated rings. The van der Waals surface area contributed by atoms with Gasteiger partial charge in [0.15, 0.2) is 0 Å². The summed E-state index contributed by atoms with van der Waals surface area (Å²) in [5.74, 6) is 1.15. The van der Waals surface area contributed by atoms with E-state index in [0.717, 1.165) is 32.0 Å². The van der Waals surface area contributed by atoms with Crippen molar-refractivity contribution < 1.29 is 0 Å². The minimum Gasteiger partial charge on any atom is -0.328 e. The second-order valence-corrected chi connectivity index (χ2v) is 5.96. The van der Waals surface area contributed by atoms with E-state index in [1.54, 1.807) is 0 Å². The van der Waals surface area contributed by atoms with Crippen molar-refractivity contribution in [3.63, 3.8) is 0 Å². The second kappa shape index (κ2) is 5.96. The molecule has 4 heterocycles. The summed E-state index contributed by atoms with van der Waals surface area (Å²) in [7, 11) is 0. The normalized spacial score (nSPS) is 18.0. The van der Waals surface area contributed by atoms with Gasteiger partial charge in [0.2, 0.25) is 0 Å². The maximum atomic E-state index is 4.68. The van der Waals surface area contributed by atoms with E-state index in [2.05, 4.69) is 43.6 Å². The van der Waals surface area contributed by atoms with Gasteiger partial charge in [0, 0.05) is 44.4 Å². The van der Waals surface area contributed by atoms with Crippen molar-refractivity contribution >= 4 is 0 Å². The summed E-state index contributed by atoms with van der Waals surface area (Å²) < 4.78 is 4.29. The van der Waals surface area contributed by atoms with E-state index in [9.17, 15) is 0 Å². The molecule has 0 radical (unpaired) electrons. The smallest absolute Gasteiger partial charge is 0.126 e. The molecule has 0 aromatic carbocycles. The fraction of sp³-hybridized carbons (Fsp3) is 0.353. The molecule has 6 nitrogen and oxygen atoms in total. The highest BCUT2D eigenvalue weighted by molar-refractivity contribution is 5.14. The molecule has 1 atom stereocenters. The zero-order valence-electron chi connectivity index (χ0n) is 13.2. The molecule has 6 heteroatoms. The molecule has 3 aromatic heterocycles. The average molecular weight is 308 g/mol. The minimum atomic E-state index is 0.309. The largest absolute Gasteiger partial charge is 0.328 e. The summed E-state index contributed by atoms with van der Waals surface area (Å²) in [5.41, 5.74) is 2.52. The third-order valence-electron chi connectivity index (χ3n) is 4.52.